The predicted molar refractivity (Wildman–Crippen MR) is 87.6 cm³/mol. The largest absolute Gasteiger partial charge is 0.416 e. The number of urea groups is 1. The third-order valence-corrected chi connectivity index (χ3v) is 3.35. The van der Waals surface area contributed by atoms with Gasteiger partial charge in [-0.3, -0.25) is 0 Å². The van der Waals surface area contributed by atoms with Crippen molar-refractivity contribution in [1.29, 1.82) is 0 Å². The molecule has 2 amide bonds. The number of benzene rings is 2. The number of hydrogen-bond donors (Lipinski definition) is 2. The number of rotatable bonds is 3. The van der Waals surface area contributed by atoms with Crippen LogP contribution in [0.1, 0.15) is 16.7 Å². The van der Waals surface area contributed by atoms with Gasteiger partial charge in [-0.25, -0.2) is 10.2 Å². The van der Waals surface area contributed by atoms with Gasteiger partial charge >= 0.3 is 18.4 Å². The van der Waals surface area contributed by atoms with Crippen LogP contribution in [0.3, 0.4) is 0 Å². The molecule has 2 rings (SSSR count). The Kier molecular flexibility index (Phi) is 5.99. The number of hydrogen-bond acceptors (Lipinski definition) is 2. The Hall–Kier alpha value is -2.75. The second kappa shape index (κ2) is 7.87. The zero-order chi connectivity index (χ0) is 20.2. The van der Waals surface area contributed by atoms with Crippen molar-refractivity contribution in [2.45, 2.75) is 12.4 Å². The molecule has 11 heteroatoms. The Morgan fingerprint density at radius 2 is 1.44 bits per heavy atom. The molecule has 2 N–H and O–H groups in total. The Morgan fingerprint density at radius 1 is 0.926 bits per heavy atom. The topological polar surface area (TPSA) is 53.5 Å². The lowest BCUT2D eigenvalue weighted by Gasteiger charge is -2.14. The molecule has 2 aromatic carbocycles. The van der Waals surface area contributed by atoms with E-state index in [0.717, 1.165) is 0 Å². The monoisotopic (exact) mass is 409 g/mol. The molecule has 0 saturated carbocycles. The minimum Gasteiger partial charge on any atom is -0.306 e. The molecule has 0 spiro atoms. The summed E-state index contributed by atoms with van der Waals surface area (Å²) < 4.78 is 76.6. The molecule has 4 nitrogen and oxygen atoms in total. The van der Waals surface area contributed by atoms with E-state index in [4.69, 9.17) is 11.6 Å². The van der Waals surface area contributed by atoms with Crippen molar-refractivity contribution in [3.8, 4) is 0 Å². The standard InChI is InChI=1S/C16H10ClF6N3O/c17-12-3-1-9(2-4-12)8-24-26-14(27)25-13-6-10(15(18,19)20)5-11(7-13)16(21,22)23/h1-8H,(H2,25,26,27). The van der Waals surface area contributed by atoms with Crippen molar-refractivity contribution in [2.75, 3.05) is 5.32 Å². The highest BCUT2D eigenvalue weighted by Gasteiger charge is 2.37. The summed E-state index contributed by atoms with van der Waals surface area (Å²) in [6.45, 7) is 0. The maximum atomic E-state index is 12.8. The first kappa shape index (κ1) is 20.6. The highest BCUT2D eigenvalue weighted by atomic mass is 35.5. The van der Waals surface area contributed by atoms with Crippen molar-refractivity contribution in [1.82, 2.24) is 5.43 Å². The number of nitrogens with zero attached hydrogens (tertiary/aromatic N) is 1. The fraction of sp³-hybridized carbons (Fsp3) is 0.125. The fourth-order valence-electron chi connectivity index (χ4n) is 1.90. The Labute approximate surface area is 153 Å². The average molecular weight is 410 g/mol. The number of hydrazone groups is 1. The summed E-state index contributed by atoms with van der Waals surface area (Å²) in [5, 5.41) is 5.89. The maximum Gasteiger partial charge on any atom is 0.416 e. The number of anilines is 1. The van der Waals surface area contributed by atoms with Gasteiger partial charge in [0.15, 0.2) is 0 Å². The van der Waals surface area contributed by atoms with Gasteiger partial charge in [0.2, 0.25) is 0 Å². The molecule has 0 saturated heterocycles. The molecule has 144 valence electrons. The van der Waals surface area contributed by atoms with Crippen LogP contribution in [0.5, 0.6) is 0 Å². The van der Waals surface area contributed by atoms with E-state index >= 15 is 0 Å². The molecule has 27 heavy (non-hydrogen) atoms. The zero-order valence-corrected chi connectivity index (χ0v) is 13.9. The summed E-state index contributed by atoms with van der Waals surface area (Å²) in [5.74, 6) is 0. The summed E-state index contributed by atoms with van der Waals surface area (Å²) in [6.07, 6.45) is -8.81. The van der Waals surface area contributed by atoms with Crippen LogP contribution in [-0.2, 0) is 12.4 Å². The molecule has 0 aliphatic rings. The van der Waals surface area contributed by atoms with Crippen LogP contribution < -0.4 is 10.7 Å². The lowest BCUT2D eigenvalue weighted by atomic mass is 10.1. The first-order valence-corrected chi connectivity index (χ1v) is 7.48. The smallest absolute Gasteiger partial charge is 0.306 e. The van der Waals surface area contributed by atoms with Crippen LogP contribution in [0.25, 0.3) is 0 Å². The van der Waals surface area contributed by atoms with E-state index < -0.39 is 35.2 Å². The van der Waals surface area contributed by atoms with Crippen molar-refractivity contribution in [3.63, 3.8) is 0 Å². The molecule has 0 atom stereocenters. The van der Waals surface area contributed by atoms with E-state index in [1.165, 1.54) is 6.21 Å². The number of nitrogens with one attached hydrogen (secondary N) is 2. The molecule has 0 aliphatic heterocycles. The molecule has 0 heterocycles. The van der Waals surface area contributed by atoms with E-state index in [1.54, 1.807) is 24.3 Å². The predicted octanol–water partition coefficient (Wildman–Crippen LogP) is 5.53. The van der Waals surface area contributed by atoms with Crippen LogP contribution in [0.2, 0.25) is 5.02 Å². The maximum absolute atomic E-state index is 12.8. The van der Waals surface area contributed by atoms with Crippen LogP contribution in [-0.4, -0.2) is 12.2 Å². The fourth-order valence-corrected chi connectivity index (χ4v) is 2.03. The summed E-state index contributed by atoms with van der Waals surface area (Å²) in [5.41, 5.74) is -1.28. The molecule has 2 aromatic rings. The van der Waals surface area contributed by atoms with Gasteiger partial charge in [0.05, 0.1) is 17.3 Å². The number of carbonyl (C=O) groups excluding carboxylic acids is 1. The molecule has 0 aliphatic carbocycles. The minimum atomic E-state index is -5.01. The third kappa shape index (κ3) is 6.17. The molecular formula is C16H10ClF6N3O. The minimum absolute atomic E-state index is 0.0399. The molecule has 0 radical (unpaired) electrons. The van der Waals surface area contributed by atoms with Gasteiger partial charge in [-0.2, -0.15) is 31.4 Å². The zero-order valence-electron chi connectivity index (χ0n) is 13.1. The van der Waals surface area contributed by atoms with Crippen LogP contribution in [0, 0.1) is 0 Å². The van der Waals surface area contributed by atoms with Gasteiger partial charge in [-0.05, 0) is 35.9 Å². The van der Waals surface area contributed by atoms with Crippen LogP contribution >= 0.6 is 11.6 Å². The number of carbonyl (C=O) groups is 1. The highest BCUT2D eigenvalue weighted by Crippen LogP contribution is 2.37. The third-order valence-electron chi connectivity index (χ3n) is 3.10. The summed E-state index contributed by atoms with van der Waals surface area (Å²) in [4.78, 5) is 11.7. The van der Waals surface area contributed by atoms with Gasteiger partial charge < -0.3 is 5.32 Å². The van der Waals surface area contributed by atoms with Gasteiger partial charge in [-0.15, -0.1) is 0 Å². The van der Waals surface area contributed by atoms with Gasteiger partial charge in [0.25, 0.3) is 0 Å². The summed E-state index contributed by atoms with van der Waals surface area (Å²) in [7, 11) is 0. The molecule has 0 fully saturated rings. The van der Waals surface area contributed by atoms with Crippen molar-refractivity contribution >= 4 is 29.5 Å². The van der Waals surface area contributed by atoms with Gasteiger partial charge in [0.1, 0.15) is 0 Å². The number of halogens is 7. The highest BCUT2D eigenvalue weighted by molar-refractivity contribution is 6.30. The first-order chi connectivity index (χ1) is 12.4. The Bertz CT molecular complexity index is 814. The Balaban J connectivity index is 2.13. The summed E-state index contributed by atoms with van der Waals surface area (Å²) >= 11 is 5.69. The molecule has 0 aromatic heterocycles. The SMILES string of the molecule is O=C(NN=Cc1ccc(Cl)cc1)Nc1cc(C(F)(F)F)cc(C(F)(F)F)c1. The lowest BCUT2D eigenvalue weighted by Crippen LogP contribution is -2.25. The number of amides is 2. The van der Waals surface area contributed by atoms with E-state index in [9.17, 15) is 31.1 Å². The lowest BCUT2D eigenvalue weighted by molar-refractivity contribution is -0.143. The Morgan fingerprint density at radius 3 is 1.93 bits per heavy atom. The van der Waals surface area contributed by atoms with E-state index in [-0.39, 0.29) is 6.07 Å². The van der Waals surface area contributed by atoms with Crippen LogP contribution in [0.15, 0.2) is 47.6 Å². The molecule has 0 bridgehead atoms. The quantitative estimate of drug-likeness (QED) is 0.391. The van der Waals surface area contributed by atoms with E-state index in [1.807, 2.05) is 10.7 Å². The van der Waals surface area contributed by atoms with E-state index in [0.29, 0.717) is 22.7 Å². The molecule has 0 unspecified atom stereocenters. The van der Waals surface area contributed by atoms with Crippen LogP contribution in [0.4, 0.5) is 36.8 Å². The second-order valence-electron chi connectivity index (χ2n) is 5.17. The number of alkyl halides is 6. The van der Waals surface area contributed by atoms with Crippen molar-refractivity contribution in [3.05, 3.63) is 64.2 Å². The normalized spacial score (nSPS) is 12.3. The summed E-state index contributed by atoms with van der Waals surface area (Å²) in [6, 6.07) is 5.89. The van der Waals surface area contributed by atoms with E-state index in [2.05, 4.69) is 5.10 Å². The average Bonchev–Trinajstić information content (AvgIpc) is 2.55. The van der Waals surface area contributed by atoms with Crippen molar-refractivity contribution < 1.29 is 31.1 Å². The van der Waals surface area contributed by atoms with Crippen molar-refractivity contribution in [2.24, 2.45) is 5.10 Å². The van der Waals surface area contributed by atoms with Gasteiger partial charge in [0, 0.05) is 10.7 Å². The second-order valence-corrected chi connectivity index (χ2v) is 5.61. The molecular weight excluding hydrogens is 400 g/mol. The van der Waals surface area contributed by atoms with Gasteiger partial charge in [-0.1, -0.05) is 23.7 Å². The first-order valence-electron chi connectivity index (χ1n) is 7.10.